The summed E-state index contributed by atoms with van der Waals surface area (Å²) in [7, 11) is -3.77. The van der Waals surface area contributed by atoms with Crippen molar-refractivity contribution in [3.8, 4) is 10.6 Å². The number of aryl methyl sites for hydroxylation is 1. The predicted octanol–water partition coefficient (Wildman–Crippen LogP) is 3.37. The summed E-state index contributed by atoms with van der Waals surface area (Å²) in [6.07, 6.45) is -2.85. The van der Waals surface area contributed by atoms with E-state index in [2.05, 4.69) is 10.1 Å². The highest BCUT2D eigenvalue weighted by molar-refractivity contribution is 7.89. The Balaban J connectivity index is 1.53. The van der Waals surface area contributed by atoms with Crippen LogP contribution in [0.2, 0.25) is 0 Å². The summed E-state index contributed by atoms with van der Waals surface area (Å²) >= 11 is 1.10. The largest absolute Gasteiger partial charge is 0.432 e. The van der Waals surface area contributed by atoms with Crippen LogP contribution in [0.4, 0.5) is 19.0 Å². The zero-order valence-electron chi connectivity index (χ0n) is 15.8. The molecule has 12 heteroatoms. The summed E-state index contributed by atoms with van der Waals surface area (Å²) in [6.45, 7) is 3.23. The van der Waals surface area contributed by atoms with Gasteiger partial charge in [0.25, 0.3) is 0 Å². The lowest BCUT2D eigenvalue weighted by Gasteiger charge is -2.34. The lowest BCUT2D eigenvalue weighted by molar-refractivity contribution is -0.141. The minimum Gasteiger partial charge on any atom is -0.354 e. The number of nitrogens with one attached hydrogen (secondary N) is 1. The van der Waals surface area contributed by atoms with Crippen LogP contribution in [0.1, 0.15) is 10.6 Å². The Morgan fingerprint density at radius 1 is 1.13 bits per heavy atom. The van der Waals surface area contributed by atoms with Gasteiger partial charge in [-0.3, -0.25) is 5.10 Å². The summed E-state index contributed by atoms with van der Waals surface area (Å²) in [6, 6.07) is 7.85. The van der Waals surface area contributed by atoms with Gasteiger partial charge in [-0.1, -0.05) is 6.07 Å². The normalized spacial score (nSPS) is 16.2. The zero-order valence-corrected chi connectivity index (χ0v) is 17.5. The number of pyridine rings is 1. The molecule has 3 aromatic heterocycles. The SMILES string of the molecule is Cc1sc(-c2cc(C(F)(F)F)[nH]n2)cc1S(=O)(=O)N1CCN(c2ccccn2)CC1. The minimum atomic E-state index is -4.54. The Kier molecular flexibility index (Phi) is 5.32. The molecule has 1 N–H and O–H groups in total. The van der Waals surface area contributed by atoms with Crippen molar-refractivity contribution >= 4 is 27.2 Å². The van der Waals surface area contributed by atoms with Crippen molar-refractivity contribution in [2.45, 2.75) is 18.0 Å². The van der Waals surface area contributed by atoms with Crippen LogP contribution in [0.3, 0.4) is 0 Å². The molecule has 0 amide bonds. The van der Waals surface area contributed by atoms with Gasteiger partial charge < -0.3 is 4.90 Å². The average Bonchev–Trinajstić information content (AvgIpc) is 3.36. The second-order valence-corrected chi connectivity index (χ2v) is 9.94. The number of hydrogen-bond donors (Lipinski definition) is 1. The standard InChI is InChI=1S/C18H18F3N5O2S2/c1-12-15(11-14(29-12)13-10-16(24-23-13)18(19,20)21)30(27,28)26-8-6-25(7-9-26)17-4-2-3-5-22-17/h2-5,10-11H,6-9H2,1H3,(H,23,24). The Morgan fingerprint density at radius 3 is 2.47 bits per heavy atom. The molecule has 0 saturated carbocycles. The third kappa shape index (κ3) is 3.94. The van der Waals surface area contributed by atoms with E-state index in [1.54, 1.807) is 13.1 Å². The molecule has 0 radical (unpaired) electrons. The number of aromatic nitrogens is 3. The van der Waals surface area contributed by atoms with E-state index in [0.717, 1.165) is 23.2 Å². The molecule has 0 aliphatic carbocycles. The van der Waals surface area contributed by atoms with Crippen LogP contribution in [0, 0.1) is 6.92 Å². The van der Waals surface area contributed by atoms with Gasteiger partial charge in [0.1, 0.15) is 17.2 Å². The second kappa shape index (κ2) is 7.67. The first-order valence-corrected chi connectivity index (χ1v) is 11.3. The Morgan fingerprint density at radius 2 is 1.87 bits per heavy atom. The maximum atomic E-state index is 13.2. The highest BCUT2D eigenvalue weighted by Crippen LogP contribution is 2.36. The van der Waals surface area contributed by atoms with Crippen molar-refractivity contribution in [2.24, 2.45) is 0 Å². The van der Waals surface area contributed by atoms with Gasteiger partial charge in [-0.25, -0.2) is 13.4 Å². The number of anilines is 1. The lowest BCUT2D eigenvalue weighted by atomic mass is 10.3. The van der Waals surface area contributed by atoms with Gasteiger partial charge in [0.05, 0.1) is 9.77 Å². The van der Waals surface area contributed by atoms with Gasteiger partial charge in [0.15, 0.2) is 0 Å². The van der Waals surface area contributed by atoms with E-state index in [4.69, 9.17) is 0 Å². The van der Waals surface area contributed by atoms with E-state index in [9.17, 15) is 21.6 Å². The fourth-order valence-electron chi connectivity index (χ4n) is 3.28. The van der Waals surface area contributed by atoms with E-state index in [1.807, 2.05) is 28.2 Å². The van der Waals surface area contributed by atoms with E-state index in [-0.39, 0.29) is 10.6 Å². The van der Waals surface area contributed by atoms with Gasteiger partial charge >= 0.3 is 6.18 Å². The fraction of sp³-hybridized carbons (Fsp3) is 0.333. The molecule has 4 heterocycles. The lowest BCUT2D eigenvalue weighted by Crippen LogP contribution is -2.48. The number of rotatable bonds is 4. The molecule has 3 aromatic rings. The maximum Gasteiger partial charge on any atom is 0.432 e. The molecule has 0 bridgehead atoms. The summed E-state index contributed by atoms with van der Waals surface area (Å²) in [4.78, 5) is 7.28. The summed E-state index contributed by atoms with van der Waals surface area (Å²) < 4.78 is 66.1. The monoisotopic (exact) mass is 457 g/mol. The fourth-order valence-corrected chi connectivity index (χ4v) is 6.22. The van der Waals surface area contributed by atoms with Crippen molar-refractivity contribution in [1.29, 1.82) is 0 Å². The van der Waals surface area contributed by atoms with Gasteiger partial charge in [-0.05, 0) is 31.2 Å². The first kappa shape index (κ1) is 20.8. The van der Waals surface area contributed by atoms with Gasteiger partial charge in [0, 0.05) is 37.3 Å². The highest BCUT2D eigenvalue weighted by Gasteiger charge is 2.34. The zero-order chi connectivity index (χ0) is 21.5. The quantitative estimate of drug-likeness (QED) is 0.650. The van der Waals surface area contributed by atoms with Crippen LogP contribution < -0.4 is 4.90 Å². The van der Waals surface area contributed by atoms with Crippen LogP contribution in [-0.2, 0) is 16.2 Å². The van der Waals surface area contributed by atoms with E-state index < -0.39 is 21.9 Å². The molecule has 4 rings (SSSR count). The molecule has 0 aromatic carbocycles. The number of hydrogen-bond acceptors (Lipinski definition) is 6. The van der Waals surface area contributed by atoms with E-state index in [0.29, 0.717) is 35.9 Å². The van der Waals surface area contributed by atoms with Gasteiger partial charge in [-0.2, -0.15) is 22.6 Å². The Bertz CT molecular complexity index is 1130. The van der Waals surface area contributed by atoms with Gasteiger partial charge in [0.2, 0.25) is 10.0 Å². The smallest absolute Gasteiger partial charge is 0.354 e. The van der Waals surface area contributed by atoms with Crippen molar-refractivity contribution < 1.29 is 21.6 Å². The number of H-pyrrole nitrogens is 1. The number of halogens is 3. The molecule has 160 valence electrons. The number of aromatic amines is 1. The molecule has 0 atom stereocenters. The molecule has 1 aliphatic heterocycles. The van der Waals surface area contributed by atoms with Crippen LogP contribution >= 0.6 is 11.3 Å². The molecule has 1 aliphatic rings. The van der Waals surface area contributed by atoms with Crippen LogP contribution in [-0.4, -0.2) is 54.1 Å². The predicted molar refractivity (Wildman–Crippen MR) is 107 cm³/mol. The van der Waals surface area contributed by atoms with E-state index in [1.165, 1.54) is 10.4 Å². The molecular formula is C18H18F3N5O2S2. The summed E-state index contributed by atoms with van der Waals surface area (Å²) in [5.74, 6) is 0.794. The number of thiophene rings is 1. The highest BCUT2D eigenvalue weighted by atomic mass is 32.2. The first-order valence-electron chi connectivity index (χ1n) is 9.06. The second-order valence-electron chi connectivity index (χ2n) is 6.77. The molecule has 0 unspecified atom stereocenters. The molecule has 7 nitrogen and oxygen atoms in total. The van der Waals surface area contributed by atoms with Crippen molar-refractivity contribution in [3.05, 3.63) is 47.1 Å². The molecule has 30 heavy (non-hydrogen) atoms. The van der Waals surface area contributed by atoms with E-state index >= 15 is 0 Å². The number of sulfonamides is 1. The van der Waals surface area contributed by atoms with Crippen molar-refractivity contribution in [1.82, 2.24) is 19.5 Å². The first-order chi connectivity index (χ1) is 14.2. The van der Waals surface area contributed by atoms with Crippen LogP contribution in [0.5, 0.6) is 0 Å². The van der Waals surface area contributed by atoms with Crippen molar-refractivity contribution in [2.75, 3.05) is 31.1 Å². The average molecular weight is 458 g/mol. The summed E-state index contributed by atoms with van der Waals surface area (Å²) in [5, 5.41) is 5.64. The molecule has 1 saturated heterocycles. The number of nitrogens with zero attached hydrogens (tertiary/aromatic N) is 4. The Labute approximate surface area is 175 Å². The maximum absolute atomic E-state index is 13.2. The van der Waals surface area contributed by atoms with Crippen LogP contribution in [0.15, 0.2) is 41.4 Å². The molecule has 0 spiro atoms. The number of alkyl halides is 3. The third-order valence-electron chi connectivity index (χ3n) is 4.84. The van der Waals surface area contributed by atoms with Crippen molar-refractivity contribution in [3.63, 3.8) is 0 Å². The number of piperazine rings is 1. The summed E-state index contributed by atoms with van der Waals surface area (Å²) in [5.41, 5.74) is -0.907. The van der Waals surface area contributed by atoms with Crippen LogP contribution in [0.25, 0.3) is 10.6 Å². The van der Waals surface area contributed by atoms with Gasteiger partial charge in [-0.15, -0.1) is 11.3 Å². The molecular weight excluding hydrogens is 439 g/mol. The minimum absolute atomic E-state index is 0.0665. The topological polar surface area (TPSA) is 82.2 Å². The molecule has 1 fully saturated rings. The Hall–Kier alpha value is -2.44. The third-order valence-corrected chi connectivity index (χ3v) is 8.06.